The number of rotatable bonds is 56. The van der Waals surface area contributed by atoms with E-state index < -0.39 is 86.8 Å². The predicted octanol–water partition coefficient (Wildman–Crippen LogP) is 13.0. The highest BCUT2D eigenvalue weighted by atomic mass is 16.7. The number of carbonyl (C=O) groups excluding carboxylic acids is 1. The summed E-state index contributed by atoms with van der Waals surface area (Å²) in [5, 5.41) is 87.2. The van der Waals surface area contributed by atoms with Crippen molar-refractivity contribution in [3.63, 3.8) is 0 Å². The van der Waals surface area contributed by atoms with E-state index in [0.29, 0.717) is 6.42 Å². The van der Waals surface area contributed by atoms with Gasteiger partial charge in [-0.1, -0.05) is 296 Å². The summed E-state index contributed by atoms with van der Waals surface area (Å²) in [6, 6.07) is -0.910. The Labute approximate surface area is 488 Å². The SMILES string of the molecule is CCCCCCCCCCCCCC/C=C/C(O)C(COC1OC(CO)C(OC2OC(CO)C(O)C(O)C2O)C(O)C1O)NC(=O)CCCCCCCCCCCCCCCCCCCCCCCCCCCCCCCCCC. The molecule has 9 N–H and O–H groups in total. The molecule has 0 bridgehead atoms. The Morgan fingerprint density at radius 2 is 0.775 bits per heavy atom. The lowest BCUT2D eigenvalue weighted by atomic mass is 9.97. The van der Waals surface area contributed by atoms with Crippen LogP contribution in [0.4, 0.5) is 0 Å². The molecule has 2 aliphatic rings. The van der Waals surface area contributed by atoms with Gasteiger partial charge in [0.2, 0.25) is 5.91 Å². The average molecular weight is 1140 g/mol. The molecule has 0 radical (unpaired) electrons. The van der Waals surface area contributed by atoms with Crippen molar-refractivity contribution in [1.82, 2.24) is 5.32 Å². The van der Waals surface area contributed by atoms with Crippen LogP contribution in [0.1, 0.15) is 309 Å². The molecule has 2 saturated heterocycles. The van der Waals surface area contributed by atoms with Crippen molar-refractivity contribution >= 4 is 5.91 Å². The maximum absolute atomic E-state index is 13.3. The fourth-order valence-corrected chi connectivity index (χ4v) is 11.5. The third-order valence-electron chi connectivity index (χ3n) is 17.0. The Kier molecular flexibility index (Phi) is 48.7. The molecule has 12 unspecified atom stereocenters. The van der Waals surface area contributed by atoms with Gasteiger partial charge in [-0.05, 0) is 19.3 Å². The number of ether oxygens (including phenoxy) is 4. The second-order valence-electron chi connectivity index (χ2n) is 24.3. The number of amides is 1. The van der Waals surface area contributed by atoms with Crippen LogP contribution in [-0.2, 0) is 23.7 Å². The van der Waals surface area contributed by atoms with E-state index in [9.17, 15) is 45.6 Å². The molecule has 14 nitrogen and oxygen atoms in total. The standard InChI is InChI=1S/C66H127NO13/c1-3-5-7-9-11-13-15-17-19-20-21-22-23-24-25-26-27-28-29-30-31-32-33-34-35-36-38-40-42-44-46-48-50-58(71)67-54(55(70)49-47-45-43-41-39-37-18-16-14-12-10-8-6-4-2)53-77-65-63(76)61(74)64(57(52-69)79-65)80-66-62(75)60(73)59(72)56(51-68)78-66/h47,49,54-57,59-66,68-70,72-76H,3-46,48,50-53H2,1-2H3,(H,67,71)/b49-47+. The summed E-state index contributed by atoms with van der Waals surface area (Å²) in [4.78, 5) is 13.3. The Bertz CT molecular complexity index is 1390. The van der Waals surface area contributed by atoms with Crippen molar-refractivity contribution in [2.75, 3.05) is 19.8 Å². The Morgan fingerprint density at radius 3 is 1.15 bits per heavy atom. The molecule has 2 aliphatic heterocycles. The van der Waals surface area contributed by atoms with E-state index in [1.807, 2.05) is 6.08 Å². The van der Waals surface area contributed by atoms with Gasteiger partial charge in [0.15, 0.2) is 12.6 Å². The third kappa shape index (κ3) is 36.5. The van der Waals surface area contributed by atoms with Gasteiger partial charge in [0, 0.05) is 6.42 Å². The number of aliphatic hydroxyl groups excluding tert-OH is 8. The molecule has 0 aromatic carbocycles. The molecule has 2 fully saturated rings. The number of hydrogen-bond acceptors (Lipinski definition) is 13. The number of carbonyl (C=O) groups is 1. The zero-order valence-electron chi connectivity index (χ0n) is 51.4. The Morgan fingerprint density at radius 1 is 0.438 bits per heavy atom. The fraction of sp³-hybridized carbons (Fsp3) is 0.955. The molecule has 0 aliphatic carbocycles. The van der Waals surface area contributed by atoms with Gasteiger partial charge in [0.25, 0.3) is 0 Å². The van der Waals surface area contributed by atoms with Crippen molar-refractivity contribution in [3.8, 4) is 0 Å². The quantitative estimate of drug-likeness (QED) is 0.0204. The van der Waals surface area contributed by atoms with Crippen molar-refractivity contribution in [1.29, 1.82) is 0 Å². The van der Waals surface area contributed by atoms with Gasteiger partial charge >= 0.3 is 0 Å². The summed E-state index contributed by atoms with van der Waals surface area (Å²) in [6.07, 6.45) is 45.7. The summed E-state index contributed by atoms with van der Waals surface area (Å²) in [7, 11) is 0. The molecule has 2 heterocycles. The molecular formula is C66H127NO13. The van der Waals surface area contributed by atoms with E-state index in [-0.39, 0.29) is 18.9 Å². The molecule has 12 atom stereocenters. The minimum absolute atomic E-state index is 0.232. The van der Waals surface area contributed by atoms with E-state index in [0.717, 1.165) is 38.5 Å². The predicted molar refractivity (Wildman–Crippen MR) is 323 cm³/mol. The summed E-state index contributed by atoms with van der Waals surface area (Å²) >= 11 is 0. The summed E-state index contributed by atoms with van der Waals surface area (Å²) in [6.45, 7) is 2.84. The summed E-state index contributed by atoms with van der Waals surface area (Å²) in [5.74, 6) is -0.232. The maximum Gasteiger partial charge on any atom is 0.220 e. The monoisotopic (exact) mass is 1140 g/mol. The lowest BCUT2D eigenvalue weighted by molar-refractivity contribution is -0.359. The van der Waals surface area contributed by atoms with Crippen LogP contribution >= 0.6 is 0 Å². The van der Waals surface area contributed by atoms with Gasteiger partial charge in [0.05, 0.1) is 32.0 Å². The molecule has 0 aromatic heterocycles. The molecular weight excluding hydrogens is 1010 g/mol. The normalized spacial score (nSPS) is 24.2. The number of aliphatic hydroxyl groups is 8. The average Bonchev–Trinajstić information content (AvgIpc) is 3.46. The maximum atomic E-state index is 13.3. The van der Waals surface area contributed by atoms with E-state index >= 15 is 0 Å². The first-order valence-electron chi connectivity index (χ1n) is 33.9. The van der Waals surface area contributed by atoms with E-state index in [4.69, 9.17) is 18.9 Å². The van der Waals surface area contributed by atoms with Crippen LogP contribution in [0.3, 0.4) is 0 Å². The first-order chi connectivity index (χ1) is 39.1. The van der Waals surface area contributed by atoms with E-state index in [1.165, 1.54) is 244 Å². The summed E-state index contributed by atoms with van der Waals surface area (Å²) in [5.41, 5.74) is 0. The fourth-order valence-electron chi connectivity index (χ4n) is 11.5. The zero-order chi connectivity index (χ0) is 58.1. The van der Waals surface area contributed by atoms with E-state index in [1.54, 1.807) is 6.08 Å². The van der Waals surface area contributed by atoms with Crippen LogP contribution in [-0.4, -0.2) is 140 Å². The van der Waals surface area contributed by atoms with Crippen LogP contribution in [0.2, 0.25) is 0 Å². The van der Waals surface area contributed by atoms with Crippen molar-refractivity contribution in [2.45, 2.75) is 383 Å². The molecule has 14 heteroatoms. The topological polar surface area (TPSA) is 228 Å². The Balaban J connectivity index is 1.62. The number of allylic oxidation sites excluding steroid dienone is 1. The van der Waals surface area contributed by atoms with Gasteiger partial charge < -0.3 is 65.1 Å². The summed E-state index contributed by atoms with van der Waals surface area (Å²) < 4.78 is 22.8. The minimum atomic E-state index is -1.79. The van der Waals surface area contributed by atoms with Crippen molar-refractivity contribution in [2.24, 2.45) is 0 Å². The molecule has 80 heavy (non-hydrogen) atoms. The molecule has 0 spiro atoms. The van der Waals surface area contributed by atoms with Crippen LogP contribution in [0.25, 0.3) is 0 Å². The lowest BCUT2D eigenvalue weighted by Gasteiger charge is -2.46. The number of hydrogen-bond donors (Lipinski definition) is 9. The van der Waals surface area contributed by atoms with Crippen LogP contribution in [0.15, 0.2) is 12.2 Å². The van der Waals surface area contributed by atoms with Gasteiger partial charge in [0.1, 0.15) is 48.8 Å². The largest absolute Gasteiger partial charge is 0.394 e. The van der Waals surface area contributed by atoms with Gasteiger partial charge in [-0.2, -0.15) is 0 Å². The van der Waals surface area contributed by atoms with Crippen LogP contribution < -0.4 is 5.32 Å². The van der Waals surface area contributed by atoms with Gasteiger partial charge in [-0.25, -0.2) is 0 Å². The zero-order valence-corrected chi connectivity index (χ0v) is 51.4. The first-order valence-corrected chi connectivity index (χ1v) is 33.9. The third-order valence-corrected chi connectivity index (χ3v) is 17.0. The second kappa shape index (κ2) is 52.1. The molecule has 2 rings (SSSR count). The van der Waals surface area contributed by atoms with Crippen LogP contribution in [0.5, 0.6) is 0 Å². The number of nitrogens with one attached hydrogen (secondary N) is 1. The first kappa shape index (κ1) is 74.8. The number of unbranched alkanes of at least 4 members (excludes halogenated alkanes) is 43. The lowest BCUT2D eigenvalue weighted by Crippen LogP contribution is -2.65. The highest BCUT2D eigenvalue weighted by Gasteiger charge is 2.51. The smallest absolute Gasteiger partial charge is 0.220 e. The van der Waals surface area contributed by atoms with E-state index in [2.05, 4.69) is 19.2 Å². The second-order valence-corrected chi connectivity index (χ2v) is 24.3. The molecule has 1 amide bonds. The molecule has 0 aromatic rings. The minimum Gasteiger partial charge on any atom is -0.394 e. The van der Waals surface area contributed by atoms with Gasteiger partial charge in [-0.3, -0.25) is 4.79 Å². The van der Waals surface area contributed by atoms with Crippen molar-refractivity contribution in [3.05, 3.63) is 12.2 Å². The Hall–Kier alpha value is -1.27. The van der Waals surface area contributed by atoms with Crippen molar-refractivity contribution < 1.29 is 64.6 Å². The van der Waals surface area contributed by atoms with Crippen LogP contribution in [0, 0.1) is 0 Å². The van der Waals surface area contributed by atoms with Gasteiger partial charge in [-0.15, -0.1) is 0 Å². The molecule has 474 valence electrons. The highest BCUT2D eigenvalue weighted by molar-refractivity contribution is 5.76. The molecule has 0 saturated carbocycles. The highest BCUT2D eigenvalue weighted by Crippen LogP contribution is 2.30.